The van der Waals surface area contributed by atoms with Gasteiger partial charge in [0.1, 0.15) is 11.2 Å². The SMILES string of the molecule is COC(=O)C1(C(=O)Nc2ccc[nH]2)CCC1. The Balaban J connectivity index is 2.10. The summed E-state index contributed by atoms with van der Waals surface area (Å²) in [4.78, 5) is 26.4. The molecule has 1 aromatic heterocycles. The van der Waals surface area contributed by atoms with Gasteiger partial charge in [-0.05, 0) is 25.0 Å². The lowest BCUT2D eigenvalue weighted by Gasteiger charge is -2.36. The van der Waals surface area contributed by atoms with Gasteiger partial charge in [0.05, 0.1) is 7.11 Å². The maximum atomic E-state index is 12.0. The number of hydrogen-bond acceptors (Lipinski definition) is 3. The highest BCUT2D eigenvalue weighted by molar-refractivity contribution is 6.09. The largest absolute Gasteiger partial charge is 0.468 e. The fraction of sp³-hybridized carbons (Fsp3) is 0.455. The van der Waals surface area contributed by atoms with Crippen molar-refractivity contribution in [1.29, 1.82) is 0 Å². The minimum absolute atomic E-state index is 0.284. The van der Waals surface area contributed by atoms with Gasteiger partial charge in [0.15, 0.2) is 0 Å². The third kappa shape index (κ3) is 1.58. The minimum Gasteiger partial charge on any atom is -0.468 e. The van der Waals surface area contributed by atoms with Crippen LogP contribution >= 0.6 is 0 Å². The fourth-order valence-electron chi connectivity index (χ4n) is 1.90. The number of aromatic nitrogens is 1. The van der Waals surface area contributed by atoms with Crippen molar-refractivity contribution in [2.75, 3.05) is 12.4 Å². The van der Waals surface area contributed by atoms with E-state index in [1.54, 1.807) is 18.3 Å². The highest BCUT2D eigenvalue weighted by atomic mass is 16.5. The zero-order chi connectivity index (χ0) is 11.6. The second kappa shape index (κ2) is 4.00. The number of H-pyrrole nitrogens is 1. The first-order chi connectivity index (χ1) is 7.69. The molecule has 0 unspecified atom stereocenters. The number of carbonyl (C=O) groups excluding carboxylic acids is 2. The maximum Gasteiger partial charge on any atom is 0.321 e. The molecule has 1 fully saturated rings. The van der Waals surface area contributed by atoms with Crippen LogP contribution in [0, 0.1) is 5.41 Å². The Labute approximate surface area is 93.2 Å². The van der Waals surface area contributed by atoms with Crippen LogP contribution in [0.15, 0.2) is 18.3 Å². The minimum atomic E-state index is -0.972. The van der Waals surface area contributed by atoms with E-state index in [2.05, 4.69) is 15.0 Å². The molecule has 86 valence electrons. The summed E-state index contributed by atoms with van der Waals surface area (Å²) in [5.41, 5.74) is -0.972. The van der Waals surface area contributed by atoms with Crippen molar-refractivity contribution in [1.82, 2.24) is 4.98 Å². The number of aromatic amines is 1. The van der Waals surface area contributed by atoms with E-state index < -0.39 is 11.4 Å². The number of amides is 1. The Hall–Kier alpha value is -1.78. The molecule has 2 N–H and O–H groups in total. The molecule has 2 rings (SSSR count). The summed E-state index contributed by atoms with van der Waals surface area (Å²) in [6.45, 7) is 0. The highest BCUT2D eigenvalue weighted by Gasteiger charge is 2.52. The predicted molar refractivity (Wildman–Crippen MR) is 57.7 cm³/mol. The Kier molecular flexibility index (Phi) is 2.68. The summed E-state index contributed by atoms with van der Waals surface area (Å²) in [6.07, 6.45) is 3.72. The first kappa shape index (κ1) is 10.7. The van der Waals surface area contributed by atoms with Gasteiger partial charge < -0.3 is 15.0 Å². The van der Waals surface area contributed by atoms with Crippen LogP contribution in [-0.4, -0.2) is 24.0 Å². The van der Waals surface area contributed by atoms with Crippen molar-refractivity contribution >= 4 is 17.7 Å². The van der Waals surface area contributed by atoms with E-state index in [9.17, 15) is 9.59 Å². The molecule has 1 aliphatic rings. The molecule has 0 saturated heterocycles. The van der Waals surface area contributed by atoms with E-state index >= 15 is 0 Å². The summed E-state index contributed by atoms with van der Waals surface area (Å²) >= 11 is 0. The fourth-order valence-corrected chi connectivity index (χ4v) is 1.90. The van der Waals surface area contributed by atoms with Crippen molar-refractivity contribution in [3.8, 4) is 0 Å². The van der Waals surface area contributed by atoms with Crippen molar-refractivity contribution in [2.24, 2.45) is 5.41 Å². The first-order valence-electron chi connectivity index (χ1n) is 5.22. The summed E-state index contributed by atoms with van der Waals surface area (Å²) in [7, 11) is 1.31. The van der Waals surface area contributed by atoms with E-state index in [1.165, 1.54) is 7.11 Å². The molecule has 0 radical (unpaired) electrons. The van der Waals surface area contributed by atoms with Gasteiger partial charge in [-0.2, -0.15) is 0 Å². The number of nitrogens with one attached hydrogen (secondary N) is 2. The number of rotatable bonds is 3. The second-order valence-electron chi connectivity index (χ2n) is 3.97. The van der Waals surface area contributed by atoms with Crippen LogP contribution in [0.4, 0.5) is 5.82 Å². The van der Waals surface area contributed by atoms with Crippen molar-refractivity contribution in [2.45, 2.75) is 19.3 Å². The van der Waals surface area contributed by atoms with E-state index in [-0.39, 0.29) is 5.91 Å². The average molecular weight is 222 g/mol. The molecule has 5 heteroatoms. The first-order valence-corrected chi connectivity index (χ1v) is 5.22. The molecule has 0 spiro atoms. The van der Waals surface area contributed by atoms with Gasteiger partial charge in [0.25, 0.3) is 0 Å². The third-order valence-electron chi connectivity index (χ3n) is 3.06. The van der Waals surface area contributed by atoms with Crippen LogP contribution in [0.3, 0.4) is 0 Å². The predicted octanol–water partition coefficient (Wildman–Crippen LogP) is 1.30. The van der Waals surface area contributed by atoms with Gasteiger partial charge in [0, 0.05) is 6.20 Å². The maximum absolute atomic E-state index is 12.0. The Morgan fingerprint density at radius 3 is 2.69 bits per heavy atom. The summed E-state index contributed by atoms with van der Waals surface area (Å²) in [6, 6.07) is 3.52. The van der Waals surface area contributed by atoms with Gasteiger partial charge in [-0.25, -0.2) is 0 Å². The molecule has 0 aliphatic heterocycles. The van der Waals surface area contributed by atoms with Crippen LogP contribution in [0.5, 0.6) is 0 Å². The van der Waals surface area contributed by atoms with Crippen molar-refractivity contribution in [3.63, 3.8) is 0 Å². The molecule has 1 amide bonds. The van der Waals surface area contributed by atoms with Gasteiger partial charge in [0.2, 0.25) is 5.91 Å². The van der Waals surface area contributed by atoms with Crippen LogP contribution in [0.1, 0.15) is 19.3 Å². The Morgan fingerprint density at radius 2 is 2.25 bits per heavy atom. The molecule has 0 atom stereocenters. The number of methoxy groups -OCH3 is 1. The van der Waals surface area contributed by atoms with Gasteiger partial charge in [-0.15, -0.1) is 0 Å². The Morgan fingerprint density at radius 1 is 1.50 bits per heavy atom. The topological polar surface area (TPSA) is 71.2 Å². The van der Waals surface area contributed by atoms with Gasteiger partial charge in [-0.3, -0.25) is 9.59 Å². The van der Waals surface area contributed by atoms with Crippen LogP contribution < -0.4 is 5.32 Å². The number of anilines is 1. The Bertz CT molecular complexity index is 393. The second-order valence-corrected chi connectivity index (χ2v) is 3.97. The molecule has 16 heavy (non-hydrogen) atoms. The zero-order valence-electron chi connectivity index (χ0n) is 9.08. The lowest BCUT2D eigenvalue weighted by molar-refractivity contribution is -0.163. The monoisotopic (exact) mass is 222 g/mol. The molecular formula is C11H14N2O3. The summed E-state index contributed by atoms with van der Waals surface area (Å²) in [5, 5.41) is 2.68. The average Bonchev–Trinajstić information content (AvgIpc) is 2.68. The quantitative estimate of drug-likeness (QED) is 0.598. The molecular weight excluding hydrogens is 208 g/mol. The lowest BCUT2D eigenvalue weighted by atomic mass is 9.68. The van der Waals surface area contributed by atoms with Crippen molar-refractivity contribution < 1.29 is 14.3 Å². The smallest absolute Gasteiger partial charge is 0.321 e. The number of hydrogen-bond donors (Lipinski definition) is 2. The number of ether oxygens (including phenoxy) is 1. The lowest BCUT2D eigenvalue weighted by Crippen LogP contribution is -2.48. The van der Waals surface area contributed by atoms with Crippen LogP contribution in [0.25, 0.3) is 0 Å². The normalized spacial score (nSPS) is 17.3. The number of carbonyl (C=O) groups is 2. The molecule has 0 aromatic carbocycles. The molecule has 1 aromatic rings. The highest BCUT2D eigenvalue weighted by Crippen LogP contribution is 2.42. The summed E-state index contributed by atoms with van der Waals surface area (Å²) < 4.78 is 4.69. The zero-order valence-corrected chi connectivity index (χ0v) is 9.08. The molecule has 0 bridgehead atoms. The van der Waals surface area contributed by atoms with Crippen LogP contribution in [-0.2, 0) is 14.3 Å². The molecule has 1 aliphatic carbocycles. The van der Waals surface area contributed by atoms with E-state index in [1.807, 2.05) is 0 Å². The number of esters is 1. The molecule has 1 heterocycles. The standard InChI is InChI=1S/C11H14N2O3/c1-16-10(15)11(5-3-6-11)9(14)13-8-4-2-7-12-8/h2,4,7,12H,3,5-6H2,1H3,(H,13,14). The van der Waals surface area contributed by atoms with E-state index in [0.717, 1.165) is 6.42 Å². The van der Waals surface area contributed by atoms with E-state index in [0.29, 0.717) is 18.7 Å². The third-order valence-corrected chi connectivity index (χ3v) is 3.06. The molecule has 1 saturated carbocycles. The van der Waals surface area contributed by atoms with Crippen molar-refractivity contribution in [3.05, 3.63) is 18.3 Å². The van der Waals surface area contributed by atoms with E-state index in [4.69, 9.17) is 0 Å². The van der Waals surface area contributed by atoms with Gasteiger partial charge >= 0.3 is 5.97 Å². The molecule has 5 nitrogen and oxygen atoms in total. The van der Waals surface area contributed by atoms with Crippen LogP contribution in [0.2, 0.25) is 0 Å². The van der Waals surface area contributed by atoms with Gasteiger partial charge in [-0.1, -0.05) is 6.42 Å². The summed E-state index contributed by atoms with van der Waals surface area (Å²) in [5.74, 6) is -0.129.